The molecule has 14 heavy (non-hydrogen) atoms. The molecule has 0 saturated carbocycles. The SMILES string of the molecule is CCCC(F)OOOC(=O)OC(C)C. The Bertz CT molecular complexity index is 162. The van der Waals surface area contributed by atoms with Gasteiger partial charge in [-0.05, 0) is 18.9 Å². The van der Waals surface area contributed by atoms with E-state index in [2.05, 4.69) is 19.6 Å². The first-order valence-electron chi connectivity index (χ1n) is 4.41. The summed E-state index contributed by atoms with van der Waals surface area (Å²) in [6.45, 7) is 5.05. The first kappa shape index (κ1) is 13.1. The van der Waals surface area contributed by atoms with Crippen molar-refractivity contribution in [2.45, 2.75) is 46.1 Å². The van der Waals surface area contributed by atoms with Crippen molar-refractivity contribution >= 4 is 6.16 Å². The lowest BCUT2D eigenvalue weighted by molar-refractivity contribution is -0.515. The average Bonchev–Trinajstić information content (AvgIpc) is 2.02. The maximum Gasteiger partial charge on any atom is 0.542 e. The van der Waals surface area contributed by atoms with Gasteiger partial charge in [0.2, 0.25) is 6.36 Å². The summed E-state index contributed by atoms with van der Waals surface area (Å²) in [5.41, 5.74) is 0. The highest BCUT2D eigenvalue weighted by atomic mass is 19.1. The Hall–Kier alpha value is -0.880. The molecule has 0 saturated heterocycles. The van der Waals surface area contributed by atoms with Gasteiger partial charge >= 0.3 is 6.16 Å². The summed E-state index contributed by atoms with van der Waals surface area (Å²) < 4.78 is 17.0. The fourth-order valence-electron chi connectivity index (χ4n) is 0.577. The molecular formula is C8H15FO5. The zero-order chi connectivity index (χ0) is 11.0. The monoisotopic (exact) mass is 210 g/mol. The molecule has 0 aliphatic rings. The minimum absolute atomic E-state index is 0.169. The molecule has 0 radical (unpaired) electrons. The van der Waals surface area contributed by atoms with Crippen molar-refractivity contribution in [1.29, 1.82) is 0 Å². The van der Waals surface area contributed by atoms with E-state index in [-0.39, 0.29) is 12.5 Å². The summed E-state index contributed by atoms with van der Waals surface area (Å²) in [5.74, 6) is 0. The summed E-state index contributed by atoms with van der Waals surface area (Å²) in [6.07, 6.45) is -2.23. The molecule has 0 bridgehead atoms. The van der Waals surface area contributed by atoms with E-state index in [1.165, 1.54) is 0 Å². The first-order valence-corrected chi connectivity index (χ1v) is 4.41. The lowest BCUT2D eigenvalue weighted by Crippen LogP contribution is -2.15. The molecule has 0 spiro atoms. The van der Waals surface area contributed by atoms with Crippen molar-refractivity contribution in [1.82, 2.24) is 0 Å². The second-order valence-corrected chi connectivity index (χ2v) is 2.86. The molecule has 84 valence electrons. The van der Waals surface area contributed by atoms with Crippen LogP contribution in [0.5, 0.6) is 0 Å². The van der Waals surface area contributed by atoms with Crippen molar-refractivity contribution in [2.75, 3.05) is 0 Å². The summed E-state index contributed by atoms with van der Waals surface area (Å²) >= 11 is 0. The van der Waals surface area contributed by atoms with Crippen molar-refractivity contribution < 1.29 is 28.7 Å². The maximum absolute atomic E-state index is 12.5. The van der Waals surface area contributed by atoms with Crippen LogP contribution in [0.4, 0.5) is 9.18 Å². The van der Waals surface area contributed by atoms with Crippen LogP contribution in [0, 0.1) is 0 Å². The van der Waals surface area contributed by atoms with Crippen molar-refractivity contribution in [2.24, 2.45) is 0 Å². The Balaban J connectivity index is 3.39. The molecule has 0 aromatic heterocycles. The van der Waals surface area contributed by atoms with E-state index in [0.717, 1.165) is 0 Å². The number of hydrogen-bond acceptors (Lipinski definition) is 5. The van der Waals surface area contributed by atoms with Crippen LogP contribution < -0.4 is 0 Å². The van der Waals surface area contributed by atoms with Gasteiger partial charge in [0.05, 0.1) is 6.10 Å². The van der Waals surface area contributed by atoms with E-state index in [9.17, 15) is 9.18 Å². The summed E-state index contributed by atoms with van der Waals surface area (Å²) in [4.78, 5) is 18.6. The van der Waals surface area contributed by atoms with Gasteiger partial charge in [0.25, 0.3) is 0 Å². The van der Waals surface area contributed by atoms with Gasteiger partial charge in [-0.2, -0.15) is 4.89 Å². The van der Waals surface area contributed by atoms with E-state index >= 15 is 0 Å². The minimum atomic E-state index is -1.60. The first-order chi connectivity index (χ1) is 6.56. The minimum Gasteiger partial charge on any atom is -0.430 e. The van der Waals surface area contributed by atoms with Gasteiger partial charge in [-0.15, -0.1) is 0 Å². The van der Waals surface area contributed by atoms with Crippen molar-refractivity contribution in [3.63, 3.8) is 0 Å². The summed E-state index contributed by atoms with van der Waals surface area (Å²) in [5, 5.41) is 3.86. The average molecular weight is 210 g/mol. The highest BCUT2D eigenvalue weighted by Gasteiger charge is 2.11. The molecule has 0 aromatic rings. The molecule has 5 nitrogen and oxygen atoms in total. The number of rotatable bonds is 6. The van der Waals surface area contributed by atoms with Crippen molar-refractivity contribution in [3.8, 4) is 0 Å². The second kappa shape index (κ2) is 7.52. The number of halogens is 1. The van der Waals surface area contributed by atoms with Crippen LogP contribution in [0.15, 0.2) is 0 Å². The van der Waals surface area contributed by atoms with Crippen LogP contribution in [-0.2, 0) is 19.6 Å². The molecule has 1 unspecified atom stereocenters. The molecule has 6 heteroatoms. The molecule has 0 rings (SSSR count). The molecule has 0 aliphatic heterocycles. The molecule has 0 amide bonds. The number of ether oxygens (including phenoxy) is 1. The normalized spacial score (nSPS) is 12.6. The Labute approximate surface area is 81.9 Å². The lowest BCUT2D eigenvalue weighted by Gasteiger charge is -2.07. The lowest BCUT2D eigenvalue weighted by atomic mass is 10.3. The number of alkyl halides is 1. The number of hydrogen-bond donors (Lipinski definition) is 0. The van der Waals surface area contributed by atoms with E-state index in [4.69, 9.17) is 0 Å². The predicted molar refractivity (Wildman–Crippen MR) is 44.7 cm³/mol. The quantitative estimate of drug-likeness (QED) is 0.383. The third-order valence-corrected chi connectivity index (χ3v) is 1.09. The van der Waals surface area contributed by atoms with Gasteiger partial charge in [0.15, 0.2) is 0 Å². The Morgan fingerprint density at radius 3 is 2.57 bits per heavy atom. The highest BCUT2D eigenvalue weighted by Crippen LogP contribution is 2.04. The molecule has 0 fully saturated rings. The molecule has 0 aromatic carbocycles. The van der Waals surface area contributed by atoms with Crippen LogP contribution in [0.3, 0.4) is 0 Å². The van der Waals surface area contributed by atoms with Crippen LogP contribution in [-0.4, -0.2) is 18.6 Å². The van der Waals surface area contributed by atoms with Gasteiger partial charge in [0.1, 0.15) is 0 Å². The van der Waals surface area contributed by atoms with Gasteiger partial charge in [-0.25, -0.2) is 14.1 Å². The predicted octanol–water partition coefficient (Wildman–Crippen LogP) is 2.51. The Kier molecular flexibility index (Phi) is 7.04. The Morgan fingerprint density at radius 2 is 2.07 bits per heavy atom. The summed E-state index contributed by atoms with van der Waals surface area (Å²) in [7, 11) is 0. The fourth-order valence-corrected chi connectivity index (χ4v) is 0.577. The van der Waals surface area contributed by atoms with E-state index in [0.29, 0.717) is 6.42 Å². The maximum atomic E-state index is 12.5. The smallest absolute Gasteiger partial charge is 0.430 e. The van der Waals surface area contributed by atoms with E-state index in [1.54, 1.807) is 20.8 Å². The standard InChI is InChI=1S/C8H15FO5/c1-4-5-7(9)12-14-13-8(10)11-6(2)3/h6-7H,4-5H2,1-3H3. The molecule has 0 N–H and O–H groups in total. The topological polar surface area (TPSA) is 54.0 Å². The highest BCUT2D eigenvalue weighted by molar-refractivity contribution is 5.59. The summed E-state index contributed by atoms with van der Waals surface area (Å²) in [6, 6.07) is 0. The third-order valence-electron chi connectivity index (χ3n) is 1.09. The fraction of sp³-hybridized carbons (Fsp3) is 0.875. The van der Waals surface area contributed by atoms with Gasteiger partial charge in [-0.1, -0.05) is 13.3 Å². The van der Waals surface area contributed by atoms with E-state index < -0.39 is 12.5 Å². The van der Waals surface area contributed by atoms with E-state index in [1.807, 2.05) is 0 Å². The Morgan fingerprint density at radius 1 is 1.43 bits per heavy atom. The molecule has 0 heterocycles. The molecular weight excluding hydrogens is 195 g/mol. The largest absolute Gasteiger partial charge is 0.542 e. The zero-order valence-electron chi connectivity index (χ0n) is 8.49. The number of carbonyl (C=O) groups excluding carboxylic acids is 1. The van der Waals surface area contributed by atoms with Crippen LogP contribution in [0.1, 0.15) is 33.6 Å². The van der Waals surface area contributed by atoms with Crippen LogP contribution in [0.25, 0.3) is 0 Å². The van der Waals surface area contributed by atoms with Crippen molar-refractivity contribution in [3.05, 3.63) is 0 Å². The third kappa shape index (κ3) is 7.75. The van der Waals surface area contributed by atoms with Gasteiger partial charge in [-0.3, -0.25) is 0 Å². The molecule has 1 atom stereocenters. The number of carbonyl (C=O) groups is 1. The zero-order valence-corrected chi connectivity index (χ0v) is 8.49. The molecule has 0 aliphatic carbocycles. The van der Waals surface area contributed by atoms with Gasteiger partial charge in [0, 0.05) is 6.42 Å². The van der Waals surface area contributed by atoms with Crippen LogP contribution in [0.2, 0.25) is 0 Å². The van der Waals surface area contributed by atoms with Crippen LogP contribution >= 0.6 is 0 Å². The second-order valence-electron chi connectivity index (χ2n) is 2.86. The van der Waals surface area contributed by atoms with Gasteiger partial charge < -0.3 is 4.74 Å².